The van der Waals surface area contributed by atoms with Gasteiger partial charge in [-0.3, -0.25) is 0 Å². The minimum atomic E-state index is 0.893. The third-order valence-electron chi connectivity index (χ3n) is 2.57. The van der Waals surface area contributed by atoms with E-state index < -0.39 is 0 Å². The molecule has 1 heterocycles. The monoisotopic (exact) mass is 253 g/mol. The van der Waals surface area contributed by atoms with Gasteiger partial charge in [0.05, 0.1) is 0 Å². The van der Waals surface area contributed by atoms with Crippen LogP contribution in [0, 0.1) is 0 Å². The predicted octanol–water partition coefficient (Wildman–Crippen LogP) is 3.95. The van der Waals surface area contributed by atoms with Crippen molar-refractivity contribution in [1.29, 1.82) is 0 Å². The van der Waals surface area contributed by atoms with Crippen molar-refractivity contribution < 1.29 is 0 Å². The largest absolute Gasteiger partial charge is 0.344 e. The highest BCUT2D eigenvalue weighted by molar-refractivity contribution is 7.10. The second-order valence-electron chi connectivity index (χ2n) is 3.81. The molecule has 0 atom stereocenters. The molecule has 1 aromatic heterocycles. The standard InChI is InChI=1S/C14H11N3S/c1-3-7-11(8-4-1)13-14(18-17-16-13)15-12-9-5-2-6-10-12/h1-10,15H. The van der Waals surface area contributed by atoms with Crippen molar-refractivity contribution in [3.05, 3.63) is 60.7 Å². The average molecular weight is 253 g/mol. The lowest BCUT2D eigenvalue weighted by Crippen LogP contribution is -1.89. The van der Waals surface area contributed by atoms with Crippen LogP contribution in [0.5, 0.6) is 0 Å². The van der Waals surface area contributed by atoms with Gasteiger partial charge < -0.3 is 5.32 Å². The first-order valence-corrected chi connectivity index (χ1v) is 6.41. The van der Waals surface area contributed by atoms with Crippen LogP contribution in [-0.4, -0.2) is 9.59 Å². The lowest BCUT2D eigenvalue weighted by atomic mass is 10.2. The normalized spacial score (nSPS) is 10.2. The molecule has 0 aliphatic carbocycles. The lowest BCUT2D eigenvalue weighted by Gasteiger charge is -2.04. The summed E-state index contributed by atoms with van der Waals surface area (Å²) in [5.41, 5.74) is 3.01. The van der Waals surface area contributed by atoms with Crippen molar-refractivity contribution in [3.63, 3.8) is 0 Å². The Labute approximate surface area is 109 Å². The van der Waals surface area contributed by atoms with Crippen LogP contribution in [0.4, 0.5) is 10.7 Å². The van der Waals surface area contributed by atoms with E-state index in [0.29, 0.717) is 0 Å². The summed E-state index contributed by atoms with van der Waals surface area (Å²) in [5.74, 6) is 0. The van der Waals surface area contributed by atoms with Crippen LogP contribution in [0.15, 0.2) is 60.7 Å². The molecule has 3 nitrogen and oxygen atoms in total. The molecule has 0 spiro atoms. The van der Waals surface area contributed by atoms with E-state index in [2.05, 4.69) is 14.9 Å². The second kappa shape index (κ2) is 4.98. The van der Waals surface area contributed by atoms with E-state index in [1.165, 1.54) is 11.5 Å². The molecular weight excluding hydrogens is 242 g/mol. The Kier molecular flexibility index (Phi) is 3.02. The van der Waals surface area contributed by atoms with E-state index >= 15 is 0 Å². The molecule has 0 aliphatic heterocycles. The Morgan fingerprint density at radius 2 is 1.50 bits per heavy atom. The fourth-order valence-electron chi connectivity index (χ4n) is 1.71. The third kappa shape index (κ3) is 2.24. The van der Waals surface area contributed by atoms with Gasteiger partial charge in [-0.1, -0.05) is 53.0 Å². The van der Waals surface area contributed by atoms with Crippen molar-refractivity contribution in [1.82, 2.24) is 9.59 Å². The molecule has 3 rings (SSSR count). The van der Waals surface area contributed by atoms with Gasteiger partial charge in [-0.15, -0.1) is 5.10 Å². The minimum Gasteiger partial charge on any atom is -0.344 e. The maximum Gasteiger partial charge on any atom is 0.142 e. The van der Waals surface area contributed by atoms with Crippen LogP contribution in [-0.2, 0) is 0 Å². The zero-order valence-electron chi connectivity index (χ0n) is 9.58. The summed E-state index contributed by atoms with van der Waals surface area (Å²) < 4.78 is 4.02. The highest BCUT2D eigenvalue weighted by Crippen LogP contribution is 2.30. The third-order valence-corrected chi connectivity index (χ3v) is 3.21. The van der Waals surface area contributed by atoms with Gasteiger partial charge >= 0.3 is 0 Å². The molecule has 0 saturated heterocycles. The lowest BCUT2D eigenvalue weighted by molar-refractivity contribution is 1.16. The number of benzene rings is 2. The number of nitrogens with one attached hydrogen (secondary N) is 1. The summed E-state index contributed by atoms with van der Waals surface area (Å²) in [4.78, 5) is 0. The molecule has 0 fully saturated rings. The fourth-order valence-corrected chi connectivity index (χ4v) is 2.32. The van der Waals surface area contributed by atoms with Gasteiger partial charge in [0.15, 0.2) is 0 Å². The van der Waals surface area contributed by atoms with Gasteiger partial charge in [-0.25, -0.2) is 0 Å². The van der Waals surface area contributed by atoms with E-state index in [9.17, 15) is 0 Å². The number of anilines is 2. The molecular formula is C14H11N3S. The summed E-state index contributed by atoms with van der Waals surface area (Å²) in [6, 6.07) is 20.1. The molecule has 2 aromatic carbocycles. The van der Waals surface area contributed by atoms with Gasteiger partial charge in [-0.2, -0.15) is 0 Å². The molecule has 0 saturated carbocycles. The molecule has 0 radical (unpaired) electrons. The summed E-state index contributed by atoms with van der Waals surface area (Å²) in [6.07, 6.45) is 0. The number of hydrogen-bond acceptors (Lipinski definition) is 4. The summed E-state index contributed by atoms with van der Waals surface area (Å²) in [7, 11) is 0. The maximum absolute atomic E-state index is 4.19. The minimum absolute atomic E-state index is 0.893. The van der Waals surface area contributed by atoms with E-state index in [1.54, 1.807) is 0 Å². The number of rotatable bonds is 3. The first-order chi connectivity index (χ1) is 8.93. The van der Waals surface area contributed by atoms with Gasteiger partial charge in [0.1, 0.15) is 10.7 Å². The van der Waals surface area contributed by atoms with Crippen molar-refractivity contribution in [3.8, 4) is 11.3 Å². The molecule has 0 aliphatic rings. The molecule has 4 heteroatoms. The number of para-hydroxylation sites is 1. The molecule has 0 bridgehead atoms. The van der Waals surface area contributed by atoms with Gasteiger partial charge in [0.25, 0.3) is 0 Å². The highest BCUT2D eigenvalue weighted by atomic mass is 32.1. The van der Waals surface area contributed by atoms with Crippen LogP contribution in [0.2, 0.25) is 0 Å². The van der Waals surface area contributed by atoms with Crippen molar-refractivity contribution in [2.45, 2.75) is 0 Å². The quantitative estimate of drug-likeness (QED) is 0.768. The van der Waals surface area contributed by atoms with E-state index in [4.69, 9.17) is 0 Å². The van der Waals surface area contributed by atoms with Crippen LogP contribution in [0.25, 0.3) is 11.3 Å². The van der Waals surface area contributed by atoms with E-state index in [1.807, 2.05) is 60.7 Å². The van der Waals surface area contributed by atoms with E-state index in [-0.39, 0.29) is 0 Å². The Hall–Kier alpha value is -2.20. The zero-order chi connectivity index (χ0) is 12.2. The van der Waals surface area contributed by atoms with Crippen molar-refractivity contribution >= 4 is 22.2 Å². The van der Waals surface area contributed by atoms with Crippen LogP contribution in [0.1, 0.15) is 0 Å². The Balaban J connectivity index is 1.93. The Morgan fingerprint density at radius 3 is 2.22 bits per heavy atom. The molecule has 18 heavy (non-hydrogen) atoms. The maximum atomic E-state index is 4.19. The summed E-state index contributed by atoms with van der Waals surface area (Å²) in [5, 5.41) is 8.50. The Morgan fingerprint density at radius 1 is 0.833 bits per heavy atom. The average Bonchev–Trinajstić information content (AvgIpc) is 2.89. The van der Waals surface area contributed by atoms with E-state index in [0.717, 1.165) is 21.9 Å². The highest BCUT2D eigenvalue weighted by Gasteiger charge is 2.09. The van der Waals surface area contributed by atoms with Crippen LogP contribution < -0.4 is 5.32 Å². The van der Waals surface area contributed by atoms with Gasteiger partial charge in [0.2, 0.25) is 0 Å². The topological polar surface area (TPSA) is 37.8 Å². The van der Waals surface area contributed by atoms with Crippen molar-refractivity contribution in [2.24, 2.45) is 0 Å². The smallest absolute Gasteiger partial charge is 0.142 e. The summed E-state index contributed by atoms with van der Waals surface area (Å²) >= 11 is 1.37. The molecule has 0 amide bonds. The second-order valence-corrected chi connectivity index (χ2v) is 4.56. The molecule has 0 unspecified atom stereocenters. The number of nitrogens with zero attached hydrogens (tertiary/aromatic N) is 2. The van der Waals surface area contributed by atoms with Gasteiger partial charge in [0, 0.05) is 22.8 Å². The zero-order valence-corrected chi connectivity index (χ0v) is 10.4. The first-order valence-electron chi connectivity index (χ1n) is 5.63. The fraction of sp³-hybridized carbons (Fsp3) is 0. The number of hydrogen-bond donors (Lipinski definition) is 1. The summed E-state index contributed by atoms with van der Waals surface area (Å²) in [6.45, 7) is 0. The first kappa shape index (κ1) is 10.9. The molecule has 88 valence electrons. The molecule has 3 aromatic rings. The number of aromatic nitrogens is 2. The van der Waals surface area contributed by atoms with Crippen LogP contribution >= 0.6 is 11.5 Å². The van der Waals surface area contributed by atoms with Crippen LogP contribution in [0.3, 0.4) is 0 Å². The Bertz CT molecular complexity index is 620. The SMILES string of the molecule is c1ccc(Nc2snnc2-c2ccccc2)cc1. The predicted molar refractivity (Wildman–Crippen MR) is 75.1 cm³/mol. The van der Waals surface area contributed by atoms with Crippen molar-refractivity contribution in [2.75, 3.05) is 5.32 Å². The van der Waals surface area contributed by atoms with Gasteiger partial charge in [-0.05, 0) is 12.1 Å². The molecule has 1 N–H and O–H groups in total.